The van der Waals surface area contributed by atoms with Crippen LogP contribution in [0.25, 0.3) is 0 Å². The highest BCUT2D eigenvalue weighted by atomic mass is 19.4. The van der Waals surface area contributed by atoms with Crippen LogP contribution in [-0.2, 0) is 23.9 Å². The van der Waals surface area contributed by atoms with Crippen molar-refractivity contribution in [2.24, 2.45) is 0 Å². The molecule has 1 aliphatic rings. The molecule has 7 nitrogen and oxygen atoms in total. The lowest BCUT2D eigenvalue weighted by Gasteiger charge is -2.31. The number of imidazole rings is 1. The zero-order valence-corrected chi connectivity index (χ0v) is 16.2. The lowest BCUT2D eigenvalue weighted by atomic mass is 10.2. The molecule has 10 heteroatoms. The van der Waals surface area contributed by atoms with Crippen LogP contribution in [0.4, 0.5) is 13.2 Å². The zero-order chi connectivity index (χ0) is 21.0. The van der Waals surface area contributed by atoms with Crippen LogP contribution >= 0.6 is 0 Å². The molecule has 3 heterocycles. The van der Waals surface area contributed by atoms with Crippen molar-refractivity contribution in [2.45, 2.75) is 25.2 Å². The Kier molecular flexibility index (Phi) is 6.05. The SMILES string of the molecule is FC(F)(F)c1cccc(OCCc2cc([C@@H]3CN(Cc4ncc[nH]4)CCO3)n[nH]2)c1. The Labute approximate surface area is 171 Å². The number of nitrogens with zero attached hydrogens (tertiary/aromatic N) is 3. The van der Waals surface area contributed by atoms with Gasteiger partial charge < -0.3 is 14.5 Å². The number of aromatic nitrogens is 4. The van der Waals surface area contributed by atoms with Crippen LogP contribution < -0.4 is 4.74 Å². The van der Waals surface area contributed by atoms with E-state index in [1.165, 1.54) is 12.1 Å². The summed E-state index contributed by atoms with van der Waals surface area (Å²) in [5.74, 6) is 1.10. The predicted octanol–water partition coefficient (Wildman–Crippen LogP) is 3.35. The quantitative estimate of drug-likeness (QED) is 0.612. The molecule has 0 saturated carbocycles. The van der Waals surface area contributed by atoms with Crippen molar-refractivity contribution in [1.29, 1.82) is 0 Å². The minimum Gasteiger partial charge on any atom is -0.493 e. The number of benzene rings is 1. The van der Waals surface area contributed by atoms with Crippen molar-refractivity contribution in [2.75, 3.05) is 26.3 Å². The maximum Gasteiger partial charge on any atom is 0.416 e. The van der Waals surface area contributed by atoms with Gasteiger partial charge in [-0.3, -0.25) is 10.00 Å². The lowest BCUT2D eigenvalue weighted by Crippen LogP contribution is -2.38. The second kappa shape index (κ2) is 8.88. The van der Waals surface area contributed by atoms with Gasteiger partial charge in [0, 0.05) is 37.6 Å². The molecule has 2 N–H and O–H groups in total. The number of halogens is 3. The van der Waals surface area contributed by atoms with Gasteiger partial charge in [-0.1, -0.05) is 6.07 Å². The van der Waals surface area contributed by atoms with Crippen LogP contribution in [0.15, 0.2) is 42.7 Å². The fourth-order valence-electron chi connectivity index (χ4n) is 3.33. The van der Waals surface area contributed by atoms with Crippen molar-refractivity contribution < 1.29 is 22.6 Å². The number of alkyl halides is 3. The van der Waals surface area contributed by atoms with Gasteiger partial charge in [-0.15, -0.1) is 0 Å². The number of hydrogen-bond donors (Lipinski definition) is 2. The number of nitrogens with one attached hydrogen (secondary N) is 2. The van der Waals surface area contributed by atoms with Crippen molar-refractivity contribution in [3.05, 3.63) is 65.5 Å². The molecule has 2 aromatic heterocycles. The molecule has 1 fully saturated rings. The molecule has 0 radical (unpaired) electrons. The van der Waals surface area contributed by atoms with E-state index in [1.807, 2.05) is 6.07 Å². The number of hydrogen-bond acceptors (Lipinski definition) is 5. The molecule has 30 heavy (non-hydrogen) atoms. The van der Waals surface area contributed by atoms with Gasteiger partial charge in [0.2, 0.25) is 0 Å². The third-order valence-electron chi connectivity index (χ3n) is 4.86. The van der Waals surface area contributed by atoms with E-state index >= 15 is 0 Å². The van der Waals surface area contributed by atoms with Gasteiger partial charge in [-0.2, -0.15) is 18.3 Å². The lowest BCUT2D eigenvalue weighted by molar-refractivity contribution is -0.137. The van der Waals surface area contributed by atoms with Crippen molar-refractivity contribution in [3.63, 3.8) is 0 Å². The summed E-state index contributed by atoms with van der Waals surface area (Å²) >= 11 is 0. The molecular weight excluding hydrogens is 399 g/mol. The second-order valence-corrected chi connectivity index (χ2v) is 7.07. The summed E-state index contributed by atoms with van der Waals surface area (Å²) in [6.45, 7) is 3.07. The molecule has 1 aliphatic heterocycles. The predicted molar refractivity (Wildman–Crippen MR) is 102 cm³/mol. The topological polar surface area (TPSA) is 79.1 Å². The standard InChI is InChI=1S/C20H22F3N5O2/c21-20(22,23)14-2-1-3-16(10-14)29-8-4-15-11-17(27-26-15)18-12-28(7-9-30-18)13-19-24-5-6-25-19/h1-3,5-6,10-11,18H,4,7-9,12-13H2,(H,24,25)(H,26,27)/t18-/m0/s1. The van der Waals surface area contributed by atoms with E-state index in [-0.39, 0.29) is 18.5 Å². The highest BCUT2D eigenvalue weighted by Gasteiger charge is 2.30. The molecule has 0 aliphatic carbocycles. The van der Waals surface area contributed by atoms with Crippen molar-refractivity contribution in [1.82, 2.24) is 25.1 Å². The average molecular weight is 421 g/mol. The summed E-state index contributed by atoms with van der Waals surface area (Å²) in [4.78, 5) is 9.60. The van der Waals surface area contributed by atoms with Crippen LogP contribution in [0.3, 0.4) is 0 Å². The maximum atomic E-state index is 12.8. The van der Waals surface area contributed by atoms with E-state index in [0.717, 1.165) is 42.4 Å². The highest BCUT2D eigenvalue weighted by molar-refractivity contribution is 5.30. The Bertz CT molecular complexity index is 942. The summed E-state index contributed by atoms with van der Waals surface area (Å²) < 4.78 is 49.7. The highest BCUT2D eigenvalue weighted by Crippen LogP contribution is 2.31. The zero-order valence-electron chi connectivity index (χ0n) is 16.2. The van der Waals surface area contributed by atoms with Crippen LogP contribution in [0.2, 0.25) is 0 Å². The third kappa shape index (κ3) is 5.19. The largest absolute Gasteiger partial charge is 0.493 e. The molecule has 4 rings (SSSR count). The van der Waals surface area contributed by atoms with Crippen LogP contribution in [0, 0.1) is 0 Å². The Hall–Kier alpha value is -2.85. The molecule has 3 aromatic rings. The monoisotopic (exact) mass is 421 g/mol. The van der Waals surface area contributed by atoms with E-state index in [0.29, 0.717) is 19.6 Å². The summed E-state index contributed by atoms with van der Waals surface area (Å²) in [5, 5.41) is 7.30. The number of morpholine rings is 1. The van der Waals surface area contributed by atoms with E-state index in [2.05, 4.69) is 25.1 Å². The first-order valence-corrected chi connectivity index (χ1v) is 9.64. The van der Waals surface area contributed by atoms with Crippen molar-refractivity contribution in [3.8, 4) is 5.75 Å². The number of rotatable bonds is 7. The molecule has 1 aromatic carbocycles. The van der Waals surface area contributed by atoms with Crippen LogP contribution in [-0.4, -0.2) is 51.4 Å². The van der Waals surface area contributed by atoms with E-state index in [4.69, 9.17) is 9.47 Å². The number of ether oxygens (including phenoxy) is 2. The van der Waals surface area contributed by atoms with Gasteiger partial charge in [0.1, 0.15) is 17.7 Å². The molecule has 0 unspecified atom stereocenters. The van der Waals surface area contributed by atoms with E-state index in [1.54, 1.807) is 12.4 Å². The molecule has 1 saturated heterocycles. The molecule has 1 atom stereocenters. The molecule has 0 spiro atoms. The maximum absolute atomic E-state index is 12.8. The van der Waals surface area contributed by atoms with Crippen LogP contribution in [0.1, 0.15) is 28.9 Å². The minimum atomic E-state index is -4.39. The summed E-state index contributed by atoms with van der Waals surface area (Å²) in [6.07, 6.45) is -0.513. The summed E-state index contributed by atoms with van der Waals surface area (Å²) in [7, 11) is 0. The molecule has 160 valence electrons. The van der Waals surface area contributed by atoms with Gasteiger partial charge in [0.25, 0.3) is 0 Å². The first-order chi connectivity index (χ1) is 14.5. The molecule has 0 amide bonds. The van der Waals surface area contributed by atoms with Gasteiger partial charge >= 0.3 is 6.18 Å². The fourth-order valence-corrected chi connectivity index (χ4v) is 3.33. The molecule has 0 bridgehead atoms. The number of aromatic amines is 2. The third-order valence-corrected chi connectivity index (χ3v) is 4.86. The Balaban J connectivity index is 1.29. The number of H-pyrrole nitrogens is 2. The van der Waals surface area contributed by atoms with E-state index < -0.39 is 11.7 Å². The normalized spacial score (nSPS) is 17.9. The average Bonchev–Trinajstić information content (AvgIpc) is 3.40. The second-order valence-electron chi connectivity index (χ2n) is 7.07. The first kappa shape index (κ1) is 20.4. The Morgan fingerprint density at radius 1 is 1.27 bits per heavy atom. The van der Waals surface area contributed by atoms with Crippen molar-refractivity contribution >= 4 is 0 Å². The first-order valence-electron chi connectivity index (χ1n) is 9.64. The molecular formula is C20H22F3N5O2. The minimum absolute atomic E-state index is 0.150. The smallest absolute Gasteiger partial charge is 0.416 e. The van der Waals surface area contributed by atoms with Crippen LogP contribution in [0.5, 0.6) is 5.75 Å². The van der Waals surface area contributed by atoms with E-state index in [9.17, 15) is 13.2 Å². The summed E-state index contributed by atoms with van der Waals surface area (Å²) in [6, 6.07) is 6.78. The fraction of sp³-hybridized carbons (Fsp3) is 0.400. The summed E-state index contributed by atoms with van der Waals surface area (Å²) in [5.41, 5.74) is 0.911. The van der Waals surface area contributed by atoms with Gasteiger partial charge in [0.05, 0.1) is 31.0 Å². The van der Waals surface area contributed by atoms with Gasteiger partial charge in [0.15, 0.2) is 0 Å². The van der Waals surface area contributed by atoms with Gasteiger partial charge in [-0.25, -0.2) is 4.98 Å². The van der Waals surface area contributed by atoms with Gasteiger partial charge in [-0.05, 0) is 24.3 Å². The Morgan fingerprint density at radius 2 is 2.17 bits per heavy atom. The Morgan fingerprint density at radius 3 is 2.97 bits per heavy atom.